The molecule has 28 heavy (non-hydrogen) atoms. The van der Waals surface area contributed by atoms with Crippen molar-refractivity contribution < 1.29 is 15.0 Å². The van der Waals surface area contributed by atoms with Crippen LogP contribution in [-0.4, -0.2) is 28.9 Å². The van der Waals surface area contributed by atoms with E-state index in [-0.39, 0.29) is 11.3 Å². The number of benzene rings is 1. The van der Waals surface area contributed by atoms with Gasteiger partial charge in [0.05, 0.1) is 0 Å². The number of allylic oxidation sites excluding steroid dienone is 5. The first-order valence-corrected chi connectivity index (χ1v) is 9.50. The molecule has 0 spiro atoms. The molecule has 0 amide bonds. The van der Waals surface area contributed by atoms with E-state index in [2.05, 4.69) is 31.5 Å². The third-order valence-corrected chi connectivity index (χ3v) is 4.37. The molecule has 0 aromatic heterocycles. The standard InChI is InChI=1S/C24H31NO3/c1-7-12-25-15-22(24(27)28)23(26)14-18(5)17(4)13-19(6)21-11-9-8-10-20(21)16(2)3/h8-11,13-16,26H,6-7,12H2,1-5H3,(H,27,28)/b17-13+,18-14+,23-22-,25-15?. The summed E-state index contributed by atoms with van der Waals surface area (Å²) in [7, 11) is 0. The highest BCUT2D eigenvalue weighted by atomic mass is 16.4. The Hall–Kier alpha value is -2.88. The van der Waals surface area contributed by atoms with Crippen LogP contribution in [0.15, 0.2) is 70.5 Å². The highest BCUT2D eigenvalue weighted by Crippen LogP contribution is 2.27. The Bertz CT molecular complexity index is 839. The fourth-order valence-electron chi connectivity index (χ4n) is 2.66. The molecular formula is C24H31NO3. The molecular weight excluding hydrogens is 350 g/mol. The molecule has 150 valence electrons. The van der Waals surface area contributed by atoms with Crippen molar-refractivity contribution in [3.05, 3.63) is 76.6 Å². The van der Waals surface area contributed by atoms with E-state index in [1.807, 2.05) is 45.0 Å². The Morgan fingerprint density at radius 2 is 1.75 bits per heavy atom. The Balaban J connectivity index is 3.19. The number of carbonyl (C=O) groups is 1. The molecule has 0 aliphatic carbocycles. The summed E-state index contributed by atoms with van der Waals surface area (Å²) in [5.74, 6) is -1.14. The zero-order chi connectivity index (χ0) is 21.3. The molecule has 1 aromatic rings. The highest BCUT2D eigenvalue weighted by molar-refractivity contribution is 6.09. The summed E-state index contributed by atoms with van der Waals surface area (Å²) < 4.78 is 0. The molecule has 4 nitrogen and oxygen atoms in total. The molecule has 0 saturated carbocycles. The molecule has 0 aliphatic heterocycles. The van der Waals surface area contributed by atoms with Crippen LogP contribution in [0, 0.1) is 0 Å². The van der Waals surface area contributed by atoms with E-state index in [0.717, 1.165) is 28.7 Å². The SMILES string of the molecule is C=C(/C=C(C)/C(C)=C/C(O)=C(\C=NCCC)C(=O)O)c1ccccc1C(C)C. The lowest BCUT2D eigenvalue weighted by Gasteiger charge is -2.13. The second-order valence-electron chi connectivity index (χ2n) is 7.06. The Kier molecular flexibility index (Phi) is 9.16. The fraction of sp³-hybridized carbons (Fsp3) is 0.333. The molecule has 2 N–H and O–H groups in total. The number of hydrogen-bond donors (Lipinski definition) is 2. The van der Waals surface area contributed by atoms with Crippen LogP contribution in [0.3, 0.4) is 0 Å². The number of carboxylic acid groups (broad SMARTS) is 1. The minimum atomic E-state index is -1.21. The molecule has 0 aliphatic rings. The number of aliphatic hydroxyl groups excluding tert-OH is 1. The van der Waals surface area contributed by atoms with Gasteiger partial charge < -0.3 is 10.2 Å². The predicted molar refractivity (Wildman–Crippen MR) is 118 cm³/mol. The van der Waals surface area contributed by atoms with Crippen LogP contribution >= 0.6 is 0 Å². The quantitative estimate of drug-likeness (QED) is 0.235. The van der Waals surface area contributed by atoms with Crippen molar-refractivity contribution in [1.82, 2.24) is 0 Å². The van der Waals surface area contributed by atoms with Gasteiger partial charge in [0.1, 0.15) is 11.3 Å². The summed E-state index contributed by atoms with van der Waals surface area (Å²) in [6.07, 6.45) is 5.42. The van der Waals surface area contributed by atoms with Gasteiger partial charge in [-0.05, 0) is 60.1 Å². The molecule has 0 atom stereocenters. The van der Waals surface area contributed by atoms with Gasteiger partial charge in [-0.2, -0.15) is 0 Å². The zero-order valence-corrected chi connectivity index (χ0v) is 17.5. The summed E-state index contributed by atoms with van der Waals surface area (Å²) in [6, 6.07) is 8.15. The minimum Gasteiger partial charge on any atom is -0.507 e. The van der Waals surface area contributed by atoms with Gasteiger partial charge in [-0.15, -0.1) is 0 Å². The van der Waals surface area contributed by atoms with Crippen molar-refractivity contribution in [2.45, 2.75) is 47.0 Å². The highest BCUT2D eigenvalue weighted by Gasteiger charge is 2.11. The largest absolute Gasteiger partial charge is 0.507 e. The smallest absolute Gasteiger partial charge is 0.341 e. The maximum absolute atomic E-state index is 11.4. The van der Waals surface area contributed by atoms with Crippen molar-refractivity contribution in [1.29, 1.82) is 0 Å². The van der Waals surface area contributed by atoms with Crippen LogP contribution < -0.4 is 0 Å². The maximum atomic E-state index is 11.4. The average Bonchev–Trinajstić information content (AvgIpc) is 2.64. The second-order valence-corrected chi connectivity index (χ2v) is 7.06. The third kappa shape index (κ3) is 6.69. The van der Waals surface area contributed by atoms with E-state index in [1.165, 1.54) is 17.9 Å². The topological polar surface area (TPSA) is 69.9 Å². The van der Waals surface area contributed by atoms with Crippen molar-refractivity contribution in [2.75, 3.05) is 6.54 Å². The molecule has 0 heterocycles. The van der Waals surface area contributed by atoms with E-state index in [0.29, 0.717) is 12.5 Å². The molecule has 0 saturated heterocycles. The number of rotatable bonds is 9. The number of nitrogens with zero attached hydrogens (tertiary/aromatic N) is 1. The average molecular weight is 382 g/mol. The van der Waals surface area contributed by atoms with Crippen molar-refractivity contribution in [3.63, 3.8) is 0 Å². The summed E-state index contributed by atoms with van der Waals surface area (Å²) in [5, 5.41) is 19.6. The summed E-state index contributed by atoms with van der Waals surface area (Å²) in [4.78, 5) is 15.4. The number of aliphatic carboxylic acids is 1. The normalized spacial score (nSPS) is 13.8. The lowest BCUT2D eigenvalue weighted by molar-refractivity contribution is -0.132. The number of aliphatic hydroxyl groups is 1. The van der Waals surface area contributed by atoms with E-state index >= 15 is 0 Å². The monoisotopic (exact) mass is 381 g/mol. The van der Waals surface area contributed by atoms with Gasteiger partial charge in [0.2, 0.25) is 0 Å². The Morgan fingerprint density at radius 1 is 1.14 bits per heavy atom. The lowest BCUT2D eigenvalue weighted by Crippen LogP contribution is -2.06. The first-order valence-electron chi connectivity index (χ1n) is 9.50. The van der Waals surface area contributed by atoms with Crippen LogP contribution in [0.5, 0.6) is 0 Å². The zero-order valence-electron chi connectivity index (χ0n) is 17.5. The van der Waals surface area contributed by atoms with Gasteiger partial charge >= 0.3 is 5.97 Å². The Morgan fingerprint density at radius 3 is 2.32 bits per heavy atom. The van der Waals surface area contributed by atoms with E-state index in [1.54, 1.807) is 0 Å². The van der Waals surface area contributed by atoms with Crippen LogP contribution in [0.1, 0.15) is 58.1 Å². The first kappa shape index (κ1) is 23.2. The van der Waals surface area contributed by atoms with Crippen LogP contribution in [0.2, 0.25) is 0 Å². The third-order valence-electron chi connectivity index (χ3n) is 4.37. The van der Waals surface area contributed by atoms with Crippen molar-refractivity contribution in [3.8, 4) is 0 Å². The summed E-state index contributed by atoms with van der Waals surface area (Å²) >= 11 is 0. The Labute approximate surface area is 168 Å². The summed E-state index contributed by atoms with van der Waals surface area (Å²) in [6.45, 7) is 14.7. The summed E-state index contributed by atoms with van der Waals surface area (Å²) in [5.41, 5.74) is 4.61. The molecule has 0 unspecified atom stereocenters. The van der Waals surface area contributed by atoms with Gasteiger partial charge in [0.25, 0.3) is 0 Å². The van der Waals surface area contributed by atoms with Gasteiger partial charge in [-0.1, -0.05) is 57.7 Å². The van der Waals surface area contributed by atoms with Crippen molar-refractivity contribution in [2.24, 2.45) is 4.99 Å². The fourth-order valence-corrected chi connectivity index (χ4v) is 2.66. The van der Waals surface area contributed by atoms with E-state index in [9.17, 15) is 15.0 Å². The number of carboxylic acids is 1. The van der Waals surface area contributed by atoms with Crippen molar-refractivity contribution >= 4 is 17.8 Å². The van der Waals surface area contributed by atoms with Crippen LogP contribution in [0.25, 0.3) is 5.57 Å². The van der Waals surface area contributed by atoms with Crippen LogP contribution in [0.4, 0.5) is 0 Å². The van der Waals surface area contributed by atoms with E-state index < -0.39 is 5.97 Å². The molecule has 1 aromatic carbocycles. The molecule has 0 fully saturated rings. The van der Waals surface area contributed by atoms with Crippen LogP contribution in [-0.2, 0) is 4.79 Å². The lowest BCUT2D eigenvalue weighted by atomic mass is 9.92. The predicted octanol–water partition coefficient (Wildman–Crippen LogP) is 6.09. The van der Waals surface area contributed by atoms with Gasteiger partial charge in [-0.3, -0.25) is 4.99 Å². The molecule has 4 heteroatoms. The first-order chi connectivity index (χ1) is 13.2. The number of aliphatic imine (C=N–C) groups is 1. The van der Waals surface area contributed by atoms with E-state index in [4.69, 9.17) is 0 Å². The molecule has 0 bridgehead atoms. The maximum Gasteiger partial charge on any atom is 0.341 e. The second kappa shape index (κ2) is 11.1. The van der Waals surface area contributed by atoms with Gasteiger partial charge in [-0.25, -0.2) is 4.79 Å². The molecule has 1 rings (SSSR count). The van der Waals surface area contributed by atoms with Gasteiger partial charge in [0.15, 0.2) is 0 Å². The van der Waals surface area contributed by atoms with Gasteiger partial charge in [0, 0.05) is 12.8 Å². The number of hydrogen-bond acceptors (Lipinski definition) is 3. The molecule has 0 radical (unpaired) electrons. The minimum absolute atomic E-state index is 0.218.